The smallest absolute Gasteiger partial charge is 0.0576 e. The molecule has 94 valence electrons. The zero-order valence-electron chi connectivity index (χ0n) is 11.3. The van der Waals surface area contributed by atoms with E-state index in [0.29, 0.717) is 6.04 Å². The van der Waals surface area contributed by atoms with E-state index < -0.39 is 0 Å². The van der Waals surface area contributed by atoms with Gasteiger partial charge in [0.15, 0.2) is 0 Å². The van der Waals surface area contributed by atoms with Gasteiger partial charge in [0, 0.05) is 19.6 Å². The fraction of sp³-hybridized carbons (Fsp3) is 0.643. The summed E-state index contributed by atoms with van der Waals surface area (Å²) >= 11 is 0. The van der Waals surface area contributed by atoms with E-state index in [1.807, 2.05) is 19.4 Å². The molecule has 3 nitrogen and oxygen atoms in total. The summed E-state index contributed by atoms with van der Waals surface area (Å²) in [5.41, 5.74) is 2.32. The van der Waals surface area contributed by atoms with Gasteiger partial charge in [-0.2, -0.15) is 0 Å². The number of pyridine rings is 1. The third-order valence-corrected chi connectivity index (χ3v) is 3.94. The van der Waals surface area contributed by atoms with E-state index in [9.17, 15) is 0 Å². The number of nitrogens with one attached hydrogen (secondary N) is 1. The fourth-order valence-electron chi connectivity index (χ4n) is 2.78. The van der Waals surface area contributed by atoms with Crippen molar-refractivity contribution in [3.05, 3.63) is 18.5 Å². The first kappa shape index (κ1) is 12.2. The van der Waals surface area contributed by atoms with E-state index in [4.69, 9.17) is 0 Å². The van der Waals surface area contributed by atoms with Crippen molar-refractivity contribution in [1.82, 2.24) is 4.98 Å². The Morgan fingerprint density at radius 2 is 2.06 bits per heavy atom. The van der Waals surface area contributed by atoms with Gasteiger partial charge in [-0.05, 0) is 31.2 Å². The van der Waals surface area contributed by atoms with Gasteiger partial charge >= 0.3 is 0 Å². The van der Waals surface area contributed by atoms with Crippen LogP contribution in [0.4, 0.5) is 11.4 Å². The molecule has 0 aromatic carbocycles. The van der Waals surface area contributed by atoms with Crippen LogP contribution in [0.5, 0.6) is 0 Å². The van der Waals surface area contributed by atoms with E-state index in [2.05, 4.69) is 42.0 Å². The lowest BCUT2D eigenvalue weighted by molar-refractivity contribution is 0.297. The first-order valence-electron chi connectivity index (χ1n) is 6.51. The number of hydrogen-bond donors (Lipinski definition) is 1. The molecule has 0 bridgehead atoms. The third kappa shape index (κ3) is 2.54. The summed E-state index contributed by atoms with van der Waals surface area (Å²) in [6.07, 6.45) is 5.17. The summed E-state index contributed by atoms with van der Waals surface area (Å²) in [5, 5.41) is 3.15. The van der Waals surface area contributed by atoms with Crippen molar-refractivity contribution in [2.24, 2.45) is 11.8 Å². The van der Waals surface area contributed by atoms with E-state index in [-0.39, 0.29) is 0 Å². The van der Waals surface area contributed by atoms with Gasteiger partial charge in [-0.3, -0.25) is 4.98 Å². The summed E-state index contributed by atoms with van der Waals surface area (Å²) in [6, 6.07) is 2.79. The van der Waals surface area contributed by atoms with Gasteiger partial charge in [0.1, 0.15) is 0 Å². The maximum absolute atomic E-state index is 4.31. The van der Waals surface area contributed by atoms with Crippen LogP contribution >= 0.6 is 0 Å². The van der Waals surface area contributed by atoms with Crippen molar-refractivity contribution in [3.63, 3.8) is 0 Å². The fourth-order valence-corrected chi connectivity index (χ4v) is 2.78. The summed E-state index contributed by atoms with van der Waals surface area (Å²) in [7, 11) is 1.94. The minimum Gasteiger partial charge on any atom is -0.387 e. The SMILES string of the molecule is CNc1cncc(N2CC(C)CC(C)C2C)c1. The van der Waals surface area contributed by atoms with Crippen LogP contribution in [0.2, 0.25) is 0 Å². The Labute approximate surface area is 104 Å². The molecule has 2 heterocycles. The molecule has 3 unspecified atom stereocenters. The highest BCUT2D eigenvalue weighted by Crippen LogP contribution is 2.31. The highest BCUT2D eigenvalue weighted by Gasteiger charge is 2.28. The molecule has 0 aliphatic carbocycles. The summed E-state index contributed by atoms with van der Waals surface area (Å²) in [6.45, 7) is 8.15. The minimum atomic E-state index is 0.597. The van der Waals surface area contributed by atoms with Gasteiger partial charge in [-0.15, -0.1) is 0 Å². The Hall–Kier alpha value is -1.25. The zero-order valence-corrected chi connectivity index (χ0v) is 11.3. The minimum absolute atomic E-state index is 0.597. The number of aromatic nitrogens is 1. The largest absolute Gasteiger partial charge is 0.387 e. The van der Waals surface area contributed by atoms with Crippen molar-refractivity contribution in [2.45, 2.75) is 33.2 Å². The quantitative estimate of drug-likeness (QED) is 0.851. The molecule has 3 heteroatoms. The highest BCUT2D eigenvalue weighted by molar-refractivity contribution is 5.56. The van der Waals surface area contributed by atoms with E-state index in [1.54, 1.807) is 0 Å². The standard InChI is InChI=1S/C14H23N3/c1-10-5-11(2)12(3)17(9-10)14-6-13(15-4)7-16-8-14/h6-8,10-12,15H,5,9H2,1-4H3. The number of nitrogens with zero attached hydrogens (tertiary/aromatic N) is 2. The maximum atomic E-state index is 4.31. The second-order valence-electron chi connectivity index (χ2n) is 5.39. The molecule has 0 amide bonds. The summed E-state index contributed by atoms with van der Waals surface area (Å²) in [4.78, 5) is 6.80. The molecule has 1 aromatic heterocycles. The van der Waals surface area contributed by atoms with Crippen molar-refractivity contribution in [2.75, 3.05) is 23.8 Å². The highest BCUT2D eigenvalue weighted by atomic mass is 15.2. The van der Waals surface area contributed by atoms with Gasteiger partial charge in [0.2, 0.25) is 0 Å². The summed E-state index contributed by atoms with van der Waals surface area (Å²) < 4.78 is 0. The molecular formula is C14H23N3. The Bertz CT molecular complexity index is 377. The van der Waals surface area contributed by atoms with Crippen molar-refractivity contribution < 1.29 is 0 Å². The van der Waals surface area contributed by atoms with Gasteiger partial charge in [-0.25, -0.2) is 0 Å². The van der Waals surface area contributed by atoms with E-state index in [1.165, 1.54) is 12.1 Å². The summed E-state index contributed by atoms with van der Waals surface area (Å²) in [5.74, 6) is 1.51. The predicted molar refractivity (Wildman–Crippen MR) is 73.5 cm³/mol. The second kappa shape index (κ2) is 4.94. The van der Waals surface area contributed by atoms with Crippen LogP contribution in [0, 0.1) is 11.8 Å². The molecule has 1 aliphatic rings. The maximum Gasteiger partial charge on any atom is 0.0576 e. The van der Waals surface area contributed by atoms with Crippen LogP contribution in [0.1, 0.15) is 27.2 Å². The van der Waals surface area contributed by atoms with Gasteiger partial charge in [0.25, 0.3) is 0 Å². The average molecular weight is 233 g/mol. The molecule has 0 spiro atoms. The molecule has 1 N–H and O–H groups in total. The van der Waals surface area contributed by atoms with Crippen LogP contribution in [-0.4, -0.2) is 24.6 Å². The Balaban J connectivity index is 2.24. The molecule has 0 saturated carbocycles. The molecule has 1 aliphatic heterocycles. The van der Waals surface area contributed by atoms with Gasteiger partial charge in [-0.1, -0.05) is 13.8 Å². The van der Waals surface area contributed by atoms with Crippen LogP contribution in [0.25, 0.3) is 0 Å². The Morgan fingerprint density at radius 3 is 2.76 bits per heavy atom. The third-order valence-electron chi connectivity index (χ3n) is 3.94. The lowest BCUT2D eigenvalue weighted by Gasteiger charge is -2.42. The number of piperidine rings is 1. The lowest BCUT2D eigenvalue weighted by atomic mass is 9.86. The van der Waals surface area contributed by atoms with Crippen molar-refractivity contribution in [3.8, 4) is 0 Å². The first-order chi connectivity index (χ1) is 8.11. The molecule has 1 fully saturated rings. The molecule has 1 aromatic rings. The van der Waals surface area contributed by atoms with E-state index in [0.717, 1.165) is 24.1 Å². The van der Waals surface area contributed by atoms with Crippen molar-refractivity contribution in [1.29, 1.82) is 0 Å². The van der Waals surface area contributed by atoms with Crippen LogP contribution in [0.15, 0.2) is 18.5 Å². The van der Waals surface area contributed by atoms with Gasteiger partial charge in [0.05, 0.1) is 23.8 Å². The second-order valence-corrected chi connectivity index (χ2v) is 5.39. The first-order valence-corrected chi connectivity index (χ1v) is 6.51. The Kier molecular flexibility index (Phi) is 3.55. The van der Waals surface area contributed by atoms with Crippen molar-refractivity contribution >= 4 is 11.4 Å². The van der Waals surface area contributed by atoms with Crippen LogP contribution < -0.4 is 10.2 Å². The molecule has 3 atom stereocenters. The predicted octanol–water partition coefficient (Wildman–Crippen LogP) is 2.99. The molecule has 17 heavy (non-hydrogen) atoms. The normalized spacial score (nSPS) is 29.2. The molecule has 0 radical (unpaired) electrons. The zero-order chi connectivity index (χ0) is 12.4. The number of rotatable bonds is 2. The number of anilines is 2. The topological polar surface area (TPSA) is 28.2 Å². The molecule has 2 rings (SSSR count). The lowest BCUT2D eigenvalue weighted by Crippen LogP contribution is -2.45. The number of hydrogen-bond acceptors (Lipinski definition) is 3. The molecular weight excluding hydrogens is 210 g/mol. The van der Waals surface area contributed by atoms with Gasteiger partial charge < -0.3 is 10.2 Å². The molecule has 1 saturated heterocycles. The van der Waals surface area contributed by atoms with Crippen LogP contribution in [0.3, 0.4) is 0 Å². The monoisotopic (exact) mass is 233 g/mol. The van der Waals surface area contributed by atoms with E-state index >= 15 is 0 Å². The van der Waals surface area contributed by atoms with Crippen LogP contribution in [-0.2, 0) is 0 Å². The average Bonchev–Trinajstić information content (AvgIpc) is 2.34. The Morgan fingerprint density at radius 1 is 1.29 bits per heavy atom.